The van der Waals surface area contributed by atoms with Crippen LogP contribution in [0.4, 0.5) is 4.39 Å². The molecular weight excluding hydrogens is 295 g/mol. The Bertz CT molecular complexity index is 740. The largest absolute Gasteiger partial charge is 0.300 e. The third kappa shape index (κ3) is 3.85. The average molecular weight is 312 g/mol. The van der Waals surface area contributed by atoms with Crippen molar-refractivity contribution < 1.29 is 12.8 Å². The number of primary sulfonamides is 1. The molecular formula is C13H17FN4O2S. The molecule has 114 valence electrons. The van der Waals surface area contributed by atoms with Crippen molar-refractivity contribution in [3.63, 3.8) is 0 Å². The number of rotatable bonds is 5. The summed E-state index contributed by atoms with van der Waals surface area (Å²) < 4.78 is 37.8. The summed E-state index contributed by atoms with van der Waals surface area (Å²) in [4.78, 5) is 0. The second kappa shape index (κ2) is 5.90. The van der Waals surface area contributed by atoms with Crippen molar-refractivity contribution in [1.82, 2.24) is 14.8 Å². The van der Waals surface area contributed by atoms with Crippen LogP contribution in [0.3, 0.4) is 0 Å². The molecule has 0 aliphatic rings. The lowest BCUT2D eigenvalue weighted by Gasteiger charge is -2.11. The average Bonchev–Trinajstić information content (AvgIpc) is 2.71. The number of hydrogen-bond acceptors (Lipinski definition) is 4. The van der Waals surface area contributed by atoms with Crippen LogP contribution >= 0.6 is 0 Å². The van der Waals surface area contributed by atoms with Crippen molar-refractivity contribution in [2.45, 2.75) is 32.0 Å². The number of aromatic nitrogens is 3. The fourth-order valence-corrected chi connectivity index (χ4v) is 2.68. The lowest BCUT2D eigenvalue weighted by Crippen LogP contribution is -2.21. The minimum absolute atomic E-state index is 0.188. The highest BCUT2D eigenvalue weighted by molar-refractivity contribution is 7.89. The van der Waals surface area contributed by atoms with E-state index in [1.165, 1.54) is 16.7 Å². The van der Waals surface area contributed by atoms with Gasteiger partial charge in [0.05, 0.1) is 0 Å². The first kappa shape index (κ1) is 15.6. The van der Waals surface area contributed by atoms with E-state index < -0.39 is 10.0 Å². The summed E-state index contributed by atoms with van der Waals surface area (Å²) in [6.07, 6.45) is 0.285. The van der Waals surface area contributed by atoms with Gasteiger partial charge in [-0.15, -0.1) is 10.2 Å². The molecule has 0 spiro atoms. The third-order valence-electron chi connectivity index (χ3n) is 2.85. The van der Waals surface area contributed by atoms with Gasteiger partial charge in [-0.25, -0.2) is 17.9 Å². The van der Waals surface area contributed by atoms with Crippen LogP contribution in [-0.2, 0) is 23.0 Å². The maximum absolute atomic E-state index is 13.2. The molecule has 0 bridgehead atoms. The minimum Gasteiger partial charge on any atom is -0.300 e. The summed E-state index contributed by atoms with van der Waals surface area (Å²) in [5, 5.41) is 12.4. The molecule has 0 unspecified atom stereocenters. The molecule has 2 rings (SSSR count). The maximum Gasteiger partial charge on any atom is 0.273 e. The summed E-state index contributed by atoms with van der Waals surface area (Å²) in [6.45, 7) is 4.31. The van der Waals surface area contributed by atoms with E-state index in [2.05, 4.69) is 10.2 Å². The lowest BCUT2D eigenvalue weighted by atomic mass is 10.1. The molecule has 8 heteroatoms. The molecule has 6 nitrogen and oxygen atoms in total. The van der Waals surface area contributed by atoms with Gasteiger partial charge in [0.1, 0.15) is 11.6 Å². The SMILES string of the molecule is CC(C)Cn1c(Cc2cccc(F)c2)nnc1S(N)(=O)=O. The van der Waals surface area contributed by atoms with Gasteiger partial charge >= 0.3 is 0 Å². The fourth-order valence-electron chi connectivity index (χ4n) is 2.04. The highest BCUT2D eigenvalue weighted by Gasteiger charge is 2.21. The molecule has 0 fully saturated rings. The standard InChI is InChI=1S/C13H17FN4O2S/c1-9(2)8-18-12(16-17-13(18)21(15,19)20)7-10-4-3-5-11(14)6-10/h3-6,9H,7-8H2,1-2H3,(H2,15,19,20). The van der Waals surface area contributed by atoms with Gasteiger partial charge in [-0.05, 0) is 23.6 Å². The van der Waals surface area contributed by atoms with E-state index in [-0.39, 0.29) is 23.3 Å². The molecule has 0 amide bonds. The van der Waals surface area contributed by atoms with E-state index in [1.807, 2.05) is 13.8 Å². The van der Waals surface area contributed by atoms with Crippen LogP contribution in [0.15, 0.2) is 29.4 Å². The first-order chi connectivity index (χ1) is 9.77. The molecule has 1 aromatic heterocycles. The molecule has 2 aromatic rings. The van der Waals surface area contributed by atoms with Gasteiger partial charge in [0.15, 0.2) is 0 Å². The quantitative estimate of drug-likeness (QED) is 0.901. The van der Waals surface area contributed by atoms with Crippen LogP contribution in [0.5, 0.6) is 0 Å². The van der Waals surface area contributed by atoms with E-state index in [9.17, 15) is 12.8 Å². The Morgan fingerprint density at radius 1 is 1.33 bits per heavy atom. The second-order valence-corrected chi connectivity index (χ2v) is 6.71. The van der Waals surface area contributed by atoms with Gasteiger partial charge in [-0.1, -0.05) is 26.0 Å². The van der Waals surface area contributed by atoms with E-state index in [1.54, 1.807) is 12.1 Å². The van der Waals surface area contributed by atoms with Crippen molar-refractivity contribution in [2.24, 2.45) is 11.1 Å². The van der Waals surface area contributed by atoms with E-state index in [0.29, 0.717) is 17.9 Å². The highest BCUT2D eigenvalue weighted by atomic mass is 32.2. The zero-order valence-corrected chi connectivity index (χ0v) is 12.6. The molecule has 0 saturated heterocycles. The number of sulfonamides is 1. The summed E-state index contributed by atoms with van der Waals surface area (Å²) in [5.41, 5.74) is 0.688. The Labute approximate surface area is 122 Å². The predicted molar refractivity (Wildman–Crippen MR) is 75.4 cm³/mol. The highest BCUT2D eigenvalue weighted by Crippen LogP contribution is 2.15. The number of hydrogen-bond donors (Lipinski definition) is 1. The Morgan fingerprint density at radius 3 is 2.62 bits per heavy atom. The van der Waals surface area contributed by atoms with Gasteiger partial charge in [0.2, 0.25) is 0 Å². The Morgan fingerprint density at radius 2 is 2.05 bits per heavy atom. The monoisotopic (exact) mass is 312 g/mol. The summed E-state index contributed by atoms with van der Waals surface area (Å²) in [7, 11) is -3.94. The Hall–Kier alpha value is -1.80. The van der Waals surface area contributed by atoms with E-state index in [0.717, 1.165) is 0 Å². The second-order valence-electron chi connectivity index (χ2n) is 5.25. The fraction of sp³-hybridized carbons (Fsp3) is 0.385. The van der Waals surface area contributed by atoms with Crippen molar-refractivity contribution >= 4 is 10.0 Å². The van der Waals surface area contributed by atoms with Crippen LogP contribution < -0.4 is 5.14 Å². The van der Waals surface area contributed by atoms with E-state index in [4.69, 9.17) is 5.14 Å². The first-order valence-corrected chi connectivity index (χ1v) is 8.01. The summed E-state index contributed by atoms with van der Waals surface area (Å²) >= 11 is 0. The molecule has 1 heterocycles. The minimum atomic E-state index is -3.94. The topological polar surface area (TPSA) is 90.9 Å². The molecule has 21 heavy (non-hydrogen) atoms. The molecule has 0 aliphatic carbocycles. The molecule has 0 saturated carbocycles. The zero-order valence-electron chi connectivity index (χ0n) is 11.8. The van der Waals surface area contributed by atoms with Crippen LogP contribution in [0.25, 0.3) is 0 Å². The maximum atomic E-state index is 13.2. The van der Waals surface area contributed by atoms with Crippen LogP contribution in [0.2, 0.25) is 0 Å². The third-order valence-corrected chi connectivity index (χ3v) is 3.66. The molecule has 2 N–H and O–H groups in total. The van der Waals surface area contributed by atoms with Gasteiger partial charge in [0.25, 0.3) is 15.2 Å². The first-order valence-electron chi connectivity index (χ1n) is 6.46. The Kier molecular flexibility index (Phi) is 4.38. The lowest BCUT2D eigenvalue weighted by molar-refractivity contribution is 0.472. The van der Waals surface area contributed by atoms with Crippen molar-refractivity contribution in [1.29, 1.82) is 0 Å². The van der Waals surface area contributed by atoms with Crippen LogP contribution in [0, 0.1) is 11.7 Å². The summed E-state index contributed by atoms with van der Waals surface area (Å²) in [5.74, 6) is 0.278. The smallest absolute Gasteiger partial charge is 0.273 e. The number of nitrogens with zero attached hydrogens (tertiary/aromatic N) is 3. The van der Waals surface area contributed by atoms with Crippen LogP contribution in [0.1, 0.15) is 25.2 Å². The van der Waals surface area contributed by atoms with Gasteiger partial charge < -0.3 is 4.57 Å². The Balaban J connectivity index is 2.42. The molecule has 1 aromatic carbocycles. The van der Waals surface area contributed by atoms with Gasteiger partial charge in [0, 0.05) is 13.0 Å². The van der Waals surface area contributed by atoms with Crippen molar-refractivity contribution in [2.75, 3.05) is 0 Å². The zero-order chi connectivity index (χ0) is 15.6. The van der Waals surface area contributed by atoms with E-state index >= 15 is 0 Å². The number of nitrogens with two attached hydrogens (primary N) is 1. The molecule has 0 radical (unpaired) electrons. The number of halogens is 1. The predicted octanol–water partition coefficient (Wildman–Crippen LogP) is 1.31. The van der Waals surface area contributed by atoms with Gasteiger partial charge in [-0.2, -0.15) is 0 Å². The summed E-state index contributed by atoms with van der Waals surface area (Å²) in [6, 6.07) is 6.06. The normalized spacial score (nSPS) is 12.0. The molecule has 0 aliphatic heterocycles. The van der Waals surface area contributed by atoms with Crippen molar-refractivity contribution in [3.8, 4) is 0 Å². The van der Waals surface area contributed by atoms with Gasteiger partial charge in [-0.3, -0.25) is 0 Å². The molecule has 0 atom stereocenters. The van der Waals surface area contributed by atoms with Crippen LogP contribution in [-0.4, -0.2) is 23.2 Å². The number of benzene rings is 1. The van der Waals surface area contributed by atoms with Crippen molar-refractivity contribution in [3.05, 3.63) is 41.5 Å².